The number of Topliss-reactive ketones (excluding diaryl/α,β-unsaturated/α-hetero) is 1. The monoisotopic (exact) mass is 174 g/mol. The average Bonchev–Trinajstić information content (AvgIpc) is 2.04. The summed E-state index contributed by atoms with van der Waals surface area (Å²) in [7, 11) is 0. The molecule has 0 fully saturated rings. The highest BCUT2D eigenvalue weighted by molar-refractivity contribution is 5.96. The number of benzene rings is 1. The van der Waals surface area contributed by atoms with Crippen molar-refractivity contribution in [3.63, 3.8) is 0 Å². The first-order chi connectivity index (χ1) is 6.15. The molecule has 0 saturated heterocycles. The lowest BCUT2D eigenvalue weighted by Gasteiger charge is -2.00. The Morgan fingerprint density at radius 2 is 2.15 bits per heavy atom. The van der Waals surface area contributed by atoms with Crippen molar-refractivity contribution in [2.24, 2.45) is 0 Å². The molecule has 0 heterocycles. The SMILES string of the molecule is CC#Cc1cc(O)ccc1C(C)=O. The fourth-order valence-electron chi connectivity index (χ4n) is 1.08. The van der Waals surface area contributed by atoms with Gasteiger partial charge >= 0.3 is 0 Å². The van der Waals surface area contributed by atoms with Crippen molar-refractivity contribution in [3.8, 4) is 17.6 Å². The van der Waals surface area contributed by atoms with Crippen molar-refractivity contribution in [1.29, 1.82) is 0 Å². The molecule has 1 aromatic rings. The minimum absolute atomic E-state index is 0.0437. The van der Waals surface area contributed by atoms with Crippen LogP contribution >= 0.6 is 0 Å². The highest BCUT2D eigenvalue weighted by atomic mass is 16.3. The number of ketones is 1. The van der Waals surface area contributed by atoms with E-state index in [1.165, 1.54) is 19.1 Å². The summed E-state index contributed by atoms with van der Waals surface area (Å²) in [6.45, 7) is 3.17. The highest BCUT2D eigenvalue weighted by Gasteiger charge is 2.05. The Morgan fingerprint density at radius 1 is 1.46 bits per heavy atom. The summed E-state index contributed by atoms with van der Waals surface area (Å²) in [5.74, 6) is 5.54. The number of rotatable bonds is 1. The quantitative estimate of drug-likeness (QED) is 0.522. The van der Waals surface area contributed by atoms with E-state index < -0.39 is 0 Å². The molecule has 13 heavy (non-hydrogen) atoms. The molecular weight excluding hydrogens is 164 g/mol. The second kappa shape index (κ2) is 3.77. The molecule has 0 unspecified atom stereocenters. The maximum Gasteiger partial charge on any atom is 0.161 e. The number of carbonyl (C=O) groups excluding carboxylic acids is 1. The summed E-state index contributed by atoms with van der Waals surface area (Å²) in [6, 6.07) is 4.56. The molecule has 1 N–H and O–H groups in total. The summed E-state index contributed by atoms with van der Waals surface area (Å²) in [6.07, 6.45) is 0. The molecule has 0 atom stereocenters. The van der Waals surface area contributed by atoms with Crippen molar-refractivity contribution >= 4 is 5.78 Å². The van der Waals surface area contributed by atoms with Crippen LogP contribution in [-0.4, -0.2) is 10.9 Å². The van der Waals surface area contributed by atoms with Gasteiger partial charge in [-0.3, -0.25) is 4.79 Å². The maximum atomic E-state index is 11.1. The Labute approximate surface area is 77.2 Å². The van der Waals surface area contributed by atoms with Crippen molar-refractivity contribution in [2.75, 3.05) is 0 Å². The van der Waals surface area contributed by atoms with Gasteiger partial charge in [-0.2, -0.15) is 0 Å². The Balaban J connectivity index is 3.32. The zero-order chi connectivity index (χ0) is 9.84. The second-order valence-corrected chi connectivity index (χ2v) is 2.66. The molecular formula is C11H10O2. The summed E-state index contributed by atoms with van der Waals surface area (Å²) in [5, 5.41) is 9.17. The van der Waals surface area contributed by atoms with Crippen LogP contribution in [0.2, 0.25) is 0 Å². The van der Waals surface area contributed by atoms with Crippen LogP contribution in [0.1, 0.15) is 29.8 Å². The molecule has 2 heteroatoms. The molecule has 0 saturated carbocycles. The normalized spacial score (nSPS) is 8.77. The standard InChI is InChI=1S/C11H10O2/c1-3-4-9-7-10(13)5-6-11(9)8(2)12/h5-7,13H,1-2H3. The lowest BCUT2D eigenvalue weighted by atomic mass is 10.0. The van der Waals surface area contributed by atoms with E-state index in [1.807, 2.05) is 0 Å². The first kappa shape index (κ1) is 9.34. The molecule has 0 spiro atoms. The van der Waals surface area contributed by atoms with Crippen molar-refractivity contribution < 1.29 is 9.90 Å². The molecule has 0 bridgehead atoms. The molecule has 0 aromatic heterocycles. The number of phenols is 1. The molecule has 0 amide bonds. The zero-order valence-corrected chi connectivity index (χ0v) is 7.59. The Morgan fingerprint density at radius 3 is 2.69 bits per heavy atom. The van der Waals surface area contributed by atoms with Gasteiger partial charge in [0.2, 0.25) is 0 Å². The molecule has 0 aliphatic rings. The zero-order valence-electron chi connectivity index (χ0n) is 7.59. The van der Waals surface area contributed by atoms with Gasteiger partial charge in [0.1, 0.15) is 5.75 Å². The minimum Gasteiger partial charge on any atom is -0.508 e. The van der Waals surface area contributed by atoms with E-state index in [-0.39, 0.29) is 11.5 Å². The Bertz CT molecular complexity index is 394. The maximum absolute atomic E-state index is 11.1. The van der Waals surface area contributed by atoms with Crippen LogP contribution in [-0.2, 0) is 0 Å². The number of hydrogen-bond acceptors (Lipinski definition) is 2. The van der Waals surface area contributed by atoms with Crippen LogP contribution in [0.15, 0.2) is 18.2 Å². The van der Waals surface area contributed by atoms with Gasteiger partial charge in [-0.25, -0.2) is 0 Å². The number of phenolic OH excluding ortho intramolecular Hbond substituents is 1. The molecule has 0 radical (unpaired) electrons. The number of hydrogen-bond donors (Lipinski definition) is 1. The van der Waals surface area contributed by atoms with Gasteiger partial charge in [0.15, 0.2) is 5.78 Å². The first-order valence-electron chi connectivity index (χ1n) is 3.92. The van der Waals surface area contributed by atoms with E-state index in [9.17, 15) is 4.79 Å². The predicted octanol–water partition coefficient (Wildman–Crippen LogP) is 1.97. The van der Waals surface area contributed by atoms with E-state index in [4.69, 9.17) is 5.11 Å². The summed E-state index contributed by atoms with van der Waals surface area (Å²) >= 11 is 0. The van der Waals surface area contributed by atoms with E-state index in [1.54, 1.807) is 13.0 Å². The average molecular weight is 174 g/mol. The number of carbonyl (C=O) groups is 1. The fourth-order valence-corrected chi connectivity index (χ4v) is 1.08. The Hall–Kier alpha value is -1.75. The predicted molar refractivity (Wildman–Crippen MR) is 50.7 cm³/mol. The Kier molecular flexibility index (Phi) is 2.71. The third kappa shape index (κ3) is 2.09. The van der Waals surface area contributed by atoms with E-state index in [0.717, 1.165) is 0 Å². The van der Waals surface area contributed by atoms with Crippen LogP contribution in [0, 0.1) is 11.8 Å². The largest absolute Gasteiger partial charge is 0.508 e. The third-order valence-electron chi connectivity index (χ3n) is 1.64. The summed E-state index contributed by atoms with van der Waals surface area (Å²) in [4.78, 5) is 11.1. The molecule has 1 aromatic carbocycles. The van der Waals surface area contributed by atoms with Gasteiger partial charge in [-0.15, -0.1) is 5.92 Å². The highest BCUT2D eigenvalue weighted by Crippen LogP contribution is 2.16. The van der Waals surface area contributed by atoms with Crippen LogP contribution in [0.25, 0.3) is 0 Å². The fraction of sp³-hybridized carbons (Fsp3) is 0.182. The van der Waals surface area contributed by atoms with Crippen LogP contribution in [0.5, 0.6) is 5.75 Å². The van der Waals surface area contributed by atoms with E-state index in [0.29, 0.717) is 11.1 Å². The van der Waals surface area contributed by atoms with E-state index in [2.05, 4.69) is 11.8 Å². The first-order valence-corrected chi connectivity index (χ1v) is 3.92. The van der Waals surface area contributed by atoms with E-state index >= 15 is 0 Å². The minimum atomic E-state index is -0.0437. The molecule has 0 aliphatic heterocycles. The van der Waals surface area contributed by atoms with Gasteiger partial charge in [-0.05, 0) is 32.0 Å². The van der Waals surface area contributed by atoms with Gasteiger partial charge in [-0.1, -0.05) is 5.92 Å². The molecule has 1 rings (SSSR count). The van der Waals surface area contributed by atoms with Crippen molar-refractivity contribution in [2.45, 2.75) is 13.8 Å². The van der Waals surface area contributed by atoms with Crippen LogP contribution in [0.3, 0.4) is 0 Å². The van der Waals surface area contributed by atoms with Crippen LogP contribution < -0.4 is 0 Å². The lowest BCUT2D eigenvalue weighted by molar-refractivity contribution is 0.101. The molecule has 66 valence electrons. The summed E-state index contributed by atoms with van der Waals surface area (Å²) < 4.78 is 0. The van der Waals surface area contributed by atoms with Gasteiger partial charge in [0, 0.05) is 11.1 Å². The number of aromatic hydroxyl groups is 1. The topological polar surface area (TPSA) is 37.3 Å². The molecule has 2 nitrogen and oxygen atoms in total. The van der Waals surface area contributed by atoms with Crippen molar-refractivity contribution in [1.82, 2.24) is 0 Å². The van der Waals surface area contributed by atoms with Gasteiger partial charge < -0.3 is 5.11 Å². The van der Waals surface area contributed by atoms with Gasteiger partial charge in [0.25, 0.3) is 0 Å². The second-order valence-electron chi connectivity index (χ2n) is 2.66. The molecule has 0 aliphatic carbocycles. The lowest BCUT2D eigenvalue weighted by Crippen LogP contribution is -1.95. The van der Waals surface area contributed by atoms with Gasteiger partial charge in [0.05, 0.1) is 0 Å². The van der Waals surface area contributed by atoms with Crippen LogP contribution in [0.4, 0.5) is 0 Å². The van der Waals surface area contributed by atoms with Crippen molar-refractivity contribution in [3.05, 3.63) is 29.3 Å². The third-order valence-corrected chi connectivity index (χ3v) is 1.64. The smallest absolute Gasteiger partial charge is 0.161 e. The summed E-state index contributed by atoms with van der Waals surface area (Å²) in [5.41, 5.74) is 1.13.